The standard InChI is InChI=1S/C24H19FN4O5S/c1-35-24-26-13-19(28(24)16-8-6-15(25)7-9-16)23(31)34-14-22(30)29-18(21-5-3-11-33-21)12-17(27-29)20-4-2-10-32-20/h2-11,13,18H,12,14H2,1H3. The Balaban J connectivity index is 1.35. The first-order valence-corrected chi connectivity index (χ1v) is 11.8. The number of hydrazone groups is 1. The quantitative estimate of drug-likeness (QED) is 0.276. The molecule has 0 saturated heterocycles. The van der Waals surface area contributed by atoms with Crippen LogP contribution in [0.2, 0.25) is 0 Å². The maximum absolute atomic E-state index is 13.4. The molecule has 9 nitrogen and oxygen atoms in total. The molecule has 11 heteroatoms. The van der Waals surface area contributed by atoms with Crippen LogP contribution in [-0.4, -0.2) is 45.0 Å². The highest BCUT2D eigenvalue weighted by atomic mass is 32.2. The lowest BCUT2D eigenvalue weighted by Crippen LogP contribution is -2.31. The number of carbonyl (C=O) groups is 2. The summed E-state index contributed by atoms with van der Waals surface area (Å²) in [5.41, 5.74) is 1.23. The normalized spacial score (nSPS) is 15.3. The van der Waals surface area contributed by atoms with Crippen LogP contribution < -0.4 is 0 Å². The van der Waals surface area contributed by atoms with Crippen molar-refractivity contribution in [2.24, 2.45) is 5.10 Å². The molecule has 0 spiro atoms. The Kier molecular flexibility index (Phi) is 6.23. The number of hydrogen-bond acceptors (Lipinski definition) is 8. The first kappa shape index (κ1) is 22.7. The van der Waals surface area contributed by atoms with E-state index in [1.54, 1.807) is 35.1 Å². The molecule has 4 aromatic rings. The van der Waals surface area contributed by atoms with Gasteiger partial charge in [-0.05, 0) is 54.8 Å². The zero-order chi connectivity index (χ0) is 24.4. The average molecular weight is 495 g/mol. The zero-order valence-corrected chi connectivity index (χ0v) is 19.3. The molecule has 0 bridgehead atoms. The Bertz CT molecular complexity index is 1360. The van der Waals surface area contributed by atoms with Crippen molar-refractivity contribution in [1.82, 2.24) is 14.6 Å². The van der Waals surface area contributed by atoms with Gasteiger partial charge in [0.1, 0.15) is 29.1 Å². The number of amides is 1. The fraction of sp³-hybridized carbons (Fsp3) is 0.167. The van der Waals surface area contributed by atoms with Crippen LogP contribution in [0.1, 0.15) is 34.5 Å². The molecule has 0 fully saturated rings. The number of rotatable bonds is 7. The van der Waals surface area contributed by atoms with Crippen molar-refractivity contribution in [1.29, 1.82) is 0 Å². The molecule has 0 N–H and O–H groups in total. The van der Waals surface area contributed by atoms with Crippen LogP contribution >= 0.6 is 11.8 Å². The largest absolute Gasteiger partial charge is 0.467 e. The molecule has 1 atom stereocenters. The first-order chi connectivity index (χ1) is 17.0. The second kappa shape index (κ2) is 9.63. The van der Waals surface area contributed by atoms with Crippen LogP contribution in [0, 0.1) is 5.82 Å². The molecule has 1 amide bonds. The van der Waals surface area contributed by atoms with Gasteiger partial charge in [-0.1, -0.05) is 11.8 Å². The lowest BCUT2D eigenvalue weighted by molar-refractivity contribution is -0.136. The summed E-state index contributed by atoms with van der Waals surface area (Å²) in [6, 6.07) is 12.1. The Labute approximate surface area is 203 Å². The number of imidazole rings is 1. The zero-order valence-electron chi connectivity index (χ0n) is 18.5. The number of esters is 1. The van der Waals surface area contributed by atoms with Crippen molar-refractivity contribution in [3.8, 4) is 5.69 Å². The summed E-state index contributed by atoms with van der Waals surface area (Å²) in [5, 5.41) is 6.17. The fourth-order valence-corrected chi connectivity index (χ4v) is 4.31. The maximum Gasteiger partial charge on any atom is 0.357 e. The van der Waals surface area contributed by atoms with Crippen molar-refractivity contribution in [3.63, 3.8) is 0 Å². The molecule has 1 aromatic carbocycles. The van der Waals surface area contributed by atoms with Gasteiger partial charge in [-0.3, -0.25) is 9.36 Å². The number of nitrogens with zero attached hydrogens (tertiary/aromatic N) is 4. The number of aromatic nitrogens is 2. The highest BCUT2D eigenvalue weighted by molar-refractivity contribution is 7.98. The summed E-state index contributed by atoms with van der Waals surface area (Å²) in [6.45, 7) is -0.547. The number of benzene rings is 1. The van der Waals surface area contributed by atoms with Gasteiger partial charge in [0.05, 0.1) is 18.7 Å². The number of ether oxygens (including phenoxy) is 1. The van der Waals surface area contributed by atoms with Gasteiger partial charge in [-0.15, -0.1) is 0 Å². The van der Waals surface area contributed by atoms with Crippen molar-refractivity contribution in [2.45, 2.75) is 17.6 Å². The molecule has 1 aliphatic rings. The van der Waals surface area contributed by atoms with Crippen molar-refractivity contribution < 1.29 is 27.6 Å². The van der Waals surface area contributed by atoms with Gasteiger partial charge in [0, 0.05) is 12.1 Å². The van der Waals surface area contributed by atoms with Crippen molar-refractivity contribution in [3.05, 3.63) is 90.3 Å². The third-order valence-corrected chi connectivity index (χ3v) is 6.03. The third-order valence-electron chi connectivity index (χ3n) is 5.38. The van der Waals surface area contributed by atoms with E-state index >= 15 is 0 Å². The predicted octanol–water partition coefficient (Wildman–Crippen LogP) is 4.45. The highest BCUT2D eigenvalue weighted by Crippen LogP contribution is 2.33. The molecular weight excluding hydrogens is 475 g/mol. The second-order valence-corrected chi connectivity index (χ2v) is 8.29. The van der Waals surface area contributed by atoms with E-state index in [9.17, 15) is 14.0 Å². The molecule has 3 aromatic heterocycles. The van der Waals surface area contributed by atoms with E-state index in [4.69, 9.17) is 13.6 Å². The Hall–Kier alpha value is -4.12. The third kappa shape index (κ3) is 4.50. The Morgan fingerprint density at radius 2 is 1.91 bits per heavy atom. The van der Waals surface area contributed by atoms with Gasteiger partial charge in [0.25, 0.3) is 5.91 Å². The number of thioether (sulfide) groups is 1. The summed E-state index contributed by atoms with van der Waals surface area (Å²) in [5.74, 6) is -0.588. The highest BCUT2D eigenvalue weighted by Gasteiger charge is 2.36. The molecule has 35 heavy (non-hydrogen) atoms. The number of carbonyl (C=O) groups excluding carboxylic acids is 2. The summed E-state index contributed by atoms with van der Waals surface area (Å²) in [4.78, 5) is 30.2. The average Bonchev–Trinajstić information content (AvgIpc) is 3.68. The lowest BCUT2D eigenvalue weighted by atomic mass is 10.1. The van der Waals surface area contributed by atoms with Crippen molar-refractivity contribution in [2.75, 3.05) is 12.9 Å². The van der Waals surface area contributed by atoms with E-state index in [0.717, 1.165) is 0 Å². The van der Waals surface area contributed by atoms with Gasteiger partial charge in [0.2, 0.25) is 0 Å². The molecule has 1 unspecified atom stereocenters. The number of halogens is 1. The van der Waals surface area contributed by atoms with Crippen LogP contribution in [0.3, 0.4) is 0 Å². The minimum atomic E-state index is -0.751. The van der Waals surface area contributed by atoms with E-state index in [1.165, 1.54) is 59.8 Å². The first-order valence-electron chi connectivity index (χ1n) is 10.6. The van der Waals surface area contributed by atoms with Gasteiger partial charge >= 0.3 is 5.97 Å². The second-order valence-electron chi connectivity index (χ2n) is 7.52. The molecular formula is C24H19FN4O5S. The topological polar surface area (TPSA) is 103 Å². The van der Waals surface area contributed by atoms with E-state index in [1.807, 2.05) is 0 Å². The SMILES string of the molecule is CSc1ncc(C(=O)OCC(=O)N2N=C(c3ccco3)CC2c2ccco2)n1-c1ccc(F)cc1. The van der Waals surface area contributed by atoms with Crippen molar-refractivity contribution >= 4 is 29.4 Å². The molecule has 0 aliphatic carbocycles. The molecule has 4 heterocycles. The van der Waals surface area contributed by atoms with Gasteiger partial charge in [-0.2, -0.15) is 5.10 Å². The number of hydrogen-bond donors (Lipinski definition) is 0. The Morgan fingerprint density at radius 1 is 1.14 bits per heavy atom. The van der Waals surface area contributed by atoms with E-state index in [2.05, 4.69) is 10.1 Å². The molecule has 0 saturated carbocycles. The predicted molar refractivity (Wildman–Crippen MR) is 124 cm³/mol. The van der Waals surface area contributed by atoms with Crippen LogP contribution in [-0.2, 0) is 9.53 Å². The summed E-state index contributed by atoms with van der Waals surface area (Å²) < 4.78 is 31.2. The summed E-state index contributed by atoms with van der Waals surface area (Å²) in [6.07, 6.45) is 6.59. The van der Waals surface area contributed by atoms with Gasteiger partial charge < -0.3 is 13.6 Å². The maximum atomic E-state index is 13.4. The van der Waals surface area contributed by atoms with Crippen LogP contribution in [0.5, 0.6) is 0 Å². The minimum absolute atomic E-state index is 0.109. The van der Waals surface area contributed by atoms with Gasteiger partial charge in [-0.25, -0.2) is 19.2 Å². The van der Waals surface area contributed by atoms with Crippen LogP contribution in [0.25, 0.3) is 5.69 Å². The van der Waals surface area contributed by atoms with E-state index in [-0.39, 0.29) is 5.69 Å². The molecule has 178 valence electrons. The molecule has 0 radical (unpaired) electrons. The smallest absolute Gasteiger partial charge is 0.357 e. The molecule has 5 rings (SSSR count). The van der Waals surface area contributed by atoms with E-state index in [0.29, 0.717) is 34.5 Å². The minimum Gasteiger partial charge on any atom is -0.467 e. The number of furan rings is 2. The lowest BCUT2D eigenvalue weighted by Gasteiger charge is -2.19. The molecule has 1 aliphatic heterocycles. The van der Waals surface area contributed by atoms with Crippen LogP contribution in [0.4, 0.5) is 4.39 Å². The fourth-order valence-electron chi connectivity index (χ4n) is 3.76. The Morgan fingerprint density at radius 3 is 2.60 bits per heavy atom. The van der Waals surface area contributed by atoms with Gasteiger partial charge in [0.15, 0.2) is 17.5 Å². The summed E-state index contributed by atoms with van der Waals surface area (Å²) in [7, 11) is 0. The van der Waals surface area contributed by atoms with E-state index < -0.39 is 30.3 Å². The monoisotopic (exact) mass is 494 g/mol. The van der Waals surface area contributed by atoms with Crippen LogP contribution in [0.15, 0.2) is 86.3 Å². The summed E-state index contributed by atoms with van der Waals surface area (Å²) >= 11 is 1.31.